The predicted molar refractivity (Wildman–Crippen MR) is 127 cm³/mol. The van der Waals surface area contributed by atoms with E-state index in [2.05, 4.69) is 15.4 Å². The van der Waals surface area contributed by atoms with Gasteiger partial charge in [0.2, 0.25) is 5.75 Å². The van der Waals surface area contributed by atoms with E-state index >= 15 is 0 Å². The molecule has 0 bridgehead atoms. The van der Waals surface area contributed by atoms with E-state index in [0.29, 0.717) is 23.7 Å². The maximum absolute atomic E-state index is 12.5. The maximum atomic E-state index is 12.5. The third-order valence-corrected chi connectivity index (χ3v) is 5.19. The smallest absolute Gasteiger partial charge is 0.313 e. The zero-order valence-corrected chi connectivity index (χ0v) is 19.1. The van der Waals surface area contributed by atoms with Gasteiger partial charge in [-0.25, -0.2) is 9.67 Å². The van der Waals surface area contributed by atoms with Crippen LogP contribution in [-0.4, -0.2) is 25.6 Å². The summed E-state index contributed by atoms with van der Waals surface area (Å²) in [6.07, 6.45) is 1.70. The number of nitrogens with zero attached hydrogens (tertiary/aromatic N) is 4. The molecule has 0 aliphatic carbocycles. The number of nitro benzene ring substituents is 1. The number of rotatable bonds is 7. The van der Waals surface area contributed by atoms with Gasteiger partial charge in [0.05, 0.1) is 10.6 Å². The highest BCUT2D eigenvalue weighted by Gasteiger charge is 2.17. The molecule has 10 heteroatoms. The first-order chi connectivity index (χ1) is 16.3. The van der Waals surface area contributed by atoms with Crippen molar-refractivity contribution in [1.29, 1.82) is 0 Å². The van der Waals surface area contributed by atoms with E-state index in [9.17, 15) is 14.9 Å². The number of nitro groups is 1. The van der Waals surface area contributed by atoms with E-state index in [1.54, 1.807) is 35.1 Å². The Morgan fingerprint density at radius 3 is 2.50 bits per heavy atom. The SMILES string of the molecule is Cc1cc(C)n(-c2ccc(CNC(=O)c3ccc(Oc4ccc(Cl)cc4[N+](=O)[O-])cc3)cn2)n1. The normalized spacial score (nSPS) is 10.7. The van der Waals surface area contributed by atoms with Crippen molar-refractivity contribution in [3.8, 4) is 17.3 Å². The summed E-state index contributed by atoms with van der Waals surface area (Å²) in [4.78, 5) is 27.6. The van der Waals surface area contributed by atoms with E-state index in [-0.39, 0.29) is 22.4 Å². The molecule has 4 aromatic rings. The Bertz CT molecular complexity index is 1350. The molecular formula is C24H20ClN5O4. The highest BCUT2D eigenvalue weighted by molar-refractivity contribution is 6.30. The molecule has 0 spiro atoms. The van der Waals surface area contributed by atoms with E-state index in [4.69, 9.17) is 16.3 Å². The average Bonchev–Trinajstić information content (AvgIpc) is 3.17. The van der Waals surface area contributed by atoms with Crippen LogP contribution in [0.1, 0.15) is 27.3 Å². The fraction of sp³-hybridized carbons (Fsp3) is 0.125. The van der Waals surface area contributed by atoms with Crippen molar-refractivity contribution in [1.82, 2.24) is 20.1 Å². The molecule has 0 unspecified atom stereocenters. The van der Waals surface area contributed by atoms with Gasteiger partial charge in [0.25, 0.3) is 5.91 Å². The minimum Gasteiger partial charge on any atom is -0.450 e. The van der Waals surface area contributed by atoms with Crippen LogP contribution >= 0.6 is 11.6 Å². The average molecular weight is 478 g/mol. The highest BCUT2D eigenvalue weighted by Crippen LogP contribution is 2.33. The fourth-order valence-corrected chi connectivity index (χ4v) is 3.48. The third kappa shape index (κ3) is 5.21. The van der Waals surface area contributed by atoms with Gasteiger partial charge in [0.15, 0.2) is 5.82 Å². The van der Waals surface area contributed by atoms with Gasteiger partial charge < -0.3 is 10.1 Å². The minimum absolute atomic E-state index is 0.0583. The molecular weight excluding hydrogens is 458 g/mol. The monoisotopic (exact) mass is 477 g/mol. The Hall–Kier alpha value is -4.24. The molecule has 0 aliphatic rings. The molecule has 0 radical (unpaired) electrons. The first kappa shape index (κ1) is 22.9. The molecule has 0 saturated carbocycles. The summed E-state index contributed by atoms with van der Waals surface area (Å²) in [7, 11) is 0. The quantitative estimate of drug-likeness (QED) is 0.290. The second kappa shape index (κ2) is 9.72. The topological polar surface area (TPSA) is 112 Å². The highest BCUT2D eigenvalue weighted by atomic mass is 35.5. The summed E-state index contributed by atoms with van der Waals surface area (Å²) >= 11 is 5.82. The van der Waals surface area contributed by atoms with Crippen LogP contribution in [0.5, 0.6) is 11.5 Å². The second-order valence-electron chi connectivity index (χ2n) is 7.54. The molecule has 0 aliphatic heterocycles. The summed E-state index contributed by atoms with van der Waals surface area (Å²) < 4.78 is 7.36. The van der Waals surface area contributed by atoms with E-state index in [0.717, 1.165) is 17.0 Å². The molecule has 172 valence electrons. The van der Waals surface area contributed by atoms with Crippen molar-refractivity contribution in [3.63, 3.8) is 0 Å². The van der Waals surface area contributed by atoms with Crippen molar-refractivity contribution in [3.05, 3.63) is 105 Å². The molecule has 9 nitrogen and oxygen atoms in total. The van der Waals surface area contributed by atoms with Crippen molar-refractivity contribution in [2.45, 2.75) is 20.4 Å². The number of hydrogen-bond acceptors (Lipinski definition) is 6. The Labute approximate surface area is 200 Å². The van der Waals surface area contributed by atoms with Crippen molar-refractivity contribution in [2.24, 2.45) is 0 Å². The van der Waals surface area contributed by atoms with Gasteiger partial charge in [0, 0.05) is 35.1 Å². The first-order valence-electron chi connectivity index (χ1n) is 10.3. The summed E-state index contributed by atoms with van der Waals surface area (Å²) in [5.74, 6) is 0.845. The van der Waals surface area contributed by atoms with Crippen LogP contribution in [0.3, 0.4) is 0 Å². The summed E-state index contributed by atoms with van der Waals surface area (Å²) in [6.45, 7) is 4.19. The summed E-state index contributed by atoms with van der Waals surface area (Å²) in [5.41, 5.74) is 2.92. The van der Waals surface area contributed by atoms with E-state index < -0.39 is 4.92 Å². The zero-order valence-electron chi connectivity index (χ0n) is 18.4. The van der Waals surface area contributed by atoms with Crippen molar-refractivity contribution >= 4 is 23.2 Å². The molecule has 4 rings (SSSR count). The minimum atomic E-state index is -0.568. The lowest BCUT2D eigenvalue weighted by Gasteiger charge is -2.09. The molecule has 0 saturated heterocycles. The second-order valence-corrected chi connectivity index (χ2v) is 7.98. The lowest BCUT2D eigenvalue weighted by Crippen LogP contribution is -2.22. The van der Waals surface area contributed by atoms with Gasteiger partial charge in [-0.1, -0.05) is 17.7 Å². The molecule has 1 amide bonds. The Balaban J connectivity index is 1.37. The van der Waals surface area contributed by atoms with Gasteiger partial charge in [-0.05, 0) is 67.9 Å². The fourth-order valence-electron chi connectivity index (χ4n) is 3.31. The van der Waals surface area contributed by atoms with Crippen LogP contribution in [0, 0.1) is 24.0 Å². The number of ether oxygens (including phenoxy) is 1. The number of aryl methyl sites for hydroxylation is 2. The number of aromatic nitrogens is 3. The van der Waals surface area contributed by atoms with Crippen LogP contribution in [0.25, 0.3) is 5.82 Å². The number of nitrogens with one attached hydrogen (secondary N) is 1. The van der Waals surface area contributed by atoms with Gasteiger partial charge in [-0.15, -0.1) is 0 Å². The van der Waals surface area contributed by atoms with Crippen molar-refractivity contribution in [2.75, 3.05) is 0 Å². The Morgan fingerprint density at radius 2 is 1.88 bits per heavy atom. The number of hydrogen-bond donors (Lipinski definition) is 1. The van der Waals surface area contributed by atoms with Gasteiger partial charge in [-0.2, -0.15) is 5.10 Å². The number of carbonyl (C=O) groups is 1. The molecule has 2 aromatic heterocycles. The Kier molecular flexibility index (Phi) is 6.55. The predicted octanol–water partition coefficient (Wildman–Crippen LogP) is 5.17. The standard InChI is InChI=1S/C24H20ClN5O4/c1-15-11-16(2)29(28-15)23-10-3-17(13-26-23)14-27-24(31)18-4-7-20(8-5-18)34-22-9-6-19(25)12-21(22)30(32)33/h3-13H,14H2,1-2H3,(H,27,31). The van der Waals surface area contributed by atoms with Crippen LogP contribution < -0.4 is 10.1 Å². The molecule has 34 heavy (non-hydrogen) atoms. The van der Waals surface area contributed by atoms with Crippen LogP contribution in [0.2, 0.25) is 5.02 Å². The van der Waals surface area contributed by atoms with Gasteiger partial charge in [-0.3, -0.25) is 14.9 Å². The summed E-state index contributed by atoms with van der Waals surface area (Å²) in [6, 6.07) is 16.2. The number of benzene rings is 2. The largest absolute Gasteiger partial charge is 0.450 e. The molecule has 2 aromatic carbocycles. The van der Waals surface area contributed by atoms with Gasteiger partial charge >= 0.3 is 5.69 Å². The van der Waals surface area contributed by atoms with Crippen molar-refractivity contribution < 1.29 is 14.5 Å². The zero-order chi connectivity index (χ0) is 24.2. The van der Waals surface area contributed by atoms with E-state index in [1.807, 2.05) is 32.0 Å². The molecule has 0 atom stereocenters. The lowest BCUT2D eigenvalue weighted by molar-refractivity contribution is -0.385. The molecule has 2 heterocycles. The van der Waals surface area contributed by atoms with Crippen LogP contribution in [0.4, 0.5) is 5.69 Å². The maximum Gasteiger partial charge on any atom is 0.313 e. The number of halogens is 1. The summed E-state index contributed by atoms with van der Waals surface area (Å²) in [5, 5.41) is 18.7. The molecule has 1 N–H and O–H groups in total. The number of pyridine rings is 1. The first-order valence-corrected chi connectivity index (χ1v) is 10.7. The third-order valence-electron chi connectivity index (χ3n) is 4.95. The van der Waals surface area contributed by atoms with Crippen LogP contribution in [0.15, 0.2) is 66.9 Å². The Morgan fingerprint density at radius 1 is 1.12 bits per heavy atom. The lowest BCUT2D eigenvalue weighted by atomic mass is 10.2. The van der Waals surface area contributed by atoms with Crippen LogP contribution in [-0.2, 0) is 6.54 Å². The number of carbonyl (C=O) groups excluding carboxylic acids is 1. The number of amides is 1. The van der Waals surface area contributed by atoms with Gasteiger partial charge in [0.1, 0.15) is 5.75 Å². The van der Waals surface area contributed by atoms with E-state index in [1.165, 1.54) is 18.2 Å². The molecule has 0 fully saturated rings.